The molecule has 0 aromatic carbocycles. The zero-order chi connectivity index (χ0) is 11.7. The summed E-state index contributed by atoms with van der Waals surface area (Å²) in [4.78, 5) is 21.9. The summed E-state index contributed by atoms with van der Waals surface area (Å²) in [5, 5.41) is 9.73. The summed E-state index contributed by atoms with van der Waals surface area (Å²) in [5.74, 6) is -0.0933. The Morgan fingerprint density at radius 2 is 2.44 bits per heavy atom. The zero-order valence-corrected chi connectivity index (χ0v) is 9.99. The highest BCUT2D eigenvalue weighted by molar-refractivity contribution is 7.98. The molecule has 0 aliphatic carbocycles. The molecule has 0 radical (unpaired) electrons. The van der Waals surface area contributed by atoms with E-state index < -0.39 is 0 Å². The molecule has 0 fully saturated rings. The molecule has 1 aromatic rings. The van der Waals surface area contributed by atoms with Gasteiger partial charge in [-0.2, -0.15) is 0 Å². The molecule has 0 saturated carbocycles. The number of thioether (sulfide) groups is 1. The average Bonchev–Trinajstić information content (AvgIpc) is 2.65. The summed E-state index contributed by atoms with van der Waals surface area (Å²) in [5.41, 5.74) is 1.31. The topological polar surface area (TPSA) is 66.3 Å². The summed E-state index contributed by atoms with van der Waals surface area (Å²) in [6.07, 6.45) is 3.47. The third kappa shape index (κ3) is 1.78. The minimum absolute atomic E-state index is 0.0391. The Hall–Kier alpha value is -1.14. The minimum Gasteiger partial charge on any atom is -0.394 e. The van der Waals surface area contributed by atoms with Crippen molar-refractivity contribution in [2.24, 2.45) is 0 Å². The quantitative estimate of drug-likeness (QED) is 0.616. The van der Waals surface area contributed by atoms with Gasteiger partial charge in [-0.05, 0) is 13.2 Å². The van der Waals surface area contributed by atoms with Crippen LogP contribution in [-0.2, 0) is 6.54 Å². The van der Waals surface area contributed by atoms with E-state index in [1.54, 1.807) is 11.1 Å². The van der Waals surface area contributed by atoms with E-state index in [1.807, 2.05) is 13.2 Å². The van der Waals surface area contributed by atoms with Gasteiger partial charge in [0, 0.05) is 6.20 Å². The zero-order valence-electron chi connectivity index (χ0n) is 9.17. The Labute approximate surface area is 97.9 Å². The van der Waals surface area contributed by atoms with Crippen molar-refractivity contribution in [2.45, 2.75) is 24.7 Å². The van der Waals surface area contributed by atoms with E-state index in [0.29, 0.717) is 17.3 Å². The number of hydrogen-bond acceptors (Lipinski definition) is 5. The van der Waals surface area contributed by atoms with Crippen LogP contribution in [0.1, 0.15) is 23.0 Å². The smallest absolute Gasteiger partial charge is 0.258 e. The van der Waals surface area contributed by atoms with Crippen LogP contribution in [0.15, 0.2) is 11.4 Å². The van der Waals surface area contributed by atoms with Gasteiger partial charge in [0.25, 0.3) is 5.91 Å². The van der Waals surface area contributed by atoms with E-state index in [4.69, 9.17) is 5.11 Å². The molecule has 5 nitrogen and oxygen atoms in total. The molecule has 0 saturated heterocycles. The second-order valence-corrected chi connectivity index (χ2v) is 4.46. The fraction of sp³-hybridized carbons (Fsp3) is 0.500. The van der Waals surface area contributed by atoms with Crippen LogP contribution in [0, 0.1) is 0 Å². The Bertz CT molecular complexity index is 425. The first-order valence-corrected chi connectivity index (χ1v) is 6.21. The van der Waals surface area contributed by atoms with Crippen LogP contribution in [-0.4, -0.2) is 44.8 Å². The third-order valence-corrected chi connectivity index (χ3v) is 3.20. The van der Waals surface area contributed by atoms with Crippen molar-refractivity contribution in [3.8, 4) is 0 Å². The van der Waals surface area contributed by atoms with E-state index in [1.165, 1.54) is 11.8 Å². The predicted octanol–water partition coefficient (Wildman–Crippen LogP) is 0.535. The molecule has 1 N–H and O–H groups in total. The molecule has 1 unspecified atom stereocenters. The maximum atomic E-state index is 11.9. The molecule has 0 spiro atoms. The number of hydrogen-bond donors (Lipinski definition) is 1. The van der Waals surface area contributed by atoms with Crippen molar-refractivity contribution in [3.05, 3.63) is 17.5 Å². The monoisotopic (exact) mass is 239 g/mol. The lowest BCUT2D eigenvalue weighted by Gasteiger charge is -2.21. The maximum Gasteiger partial charge on any atom is 0.258 e. The molecule has 0 bridgehead atoms. The van der Waals surface area contributed by atoms with Crippen LogP contribution in [0.25, 0.3) is 0 Å². The van der Waals surface area contributed by atoms with Crippen molar-refractivity contribution in [1.82, 2.24) is 14.9 Å². The van der Waals surface area contributed by atoms with Gasteiger partial charge in [0.05, 0.1) is 30.5 Å². The Morgan fingerprint density at radius 1 is 1.69 bits per heavy atom. The lowest BCUT2D eigenvalue weighted by molar-refractivity contribution is 0.0643. The summed E-state index contributed by atoms with van der Waals surface area (Å²) in [6, 6.07) is -0.181. The Morgan fingerprint density at radius 3 is 3.06 bits per heavy atom. The first-order valence-electron chi connectivity index (χ1n) is 4.99. The summed E-state index contributed by atoms with van der Waals surface area (Å²) in [6.45, 7) is 2.24. The van der Waals surface area contributed by atoms with Crippen LogP contribution in [0.2, 0.25) is 0 Å². The number of aliphatic hydroxyl groups excluding tert-OH is 1. The molecule has 1 aliphatic rings. The molecule has 2 rings (SSSR count). The molecule has 1 aliphatic heterocycles. The lowest BCUT2D eigenvalue weighted by atomic mass is 10.3. The predicted molar refractivity (Wildman–Crippen MR) is 60.2 cm³/mol. The third-order valence-electron chi connectivity index (χ3n) is 2.64. The van der Waals surface area contributed by atoms with Gasteiger partial charge in [-0.3, -0.25) is 4.79 Å². The fourth-order valence-electron chi connectivity index (χ4n) is 1.64. The SMILES string of the molecule is CSc1ncc2c(n1)CN(C(C)CO)C2=O. The molecular formula is C10H13N3O2S. The highest BCUT2D eigenvalue weighted by atomic mass is 32.2. The van der Waals surface area contributed by atoms with Crippen molar-refractivity contribution in [2.75, 3.05) is 12.9 Å². The minimum atomic E-state index is -0.181. The number of amides is 1. The van der Waals surface area contributed by atoms with Crippen molar-refractivity contribution >= 4 is 17.7 Å². The largest absolute Gasteiger partial charge is 0.394 e. The highest BCUT2D eigenvalue weighted by Gasteiger charge is 2.32. The summed E-state index contributed by atoms with van der Waals surface area (Å²) >= 11 is 1.45. The first kappa shape index (κ1) is 11.3. The molecule has 1 aromatic heterocycles. The van der Waals surface area contributed by atoms with Crippen LogP contribution < -0.4 is 0 Å². The fourth-order valence-corrected chi connectivity index (χ4v) is 2.00. The molecule has 1 atom stereocenters. The van der Waals surface area contributed by atoms with E-state index in [9.17, 15) is 4.79 Å². The highest BCUT2D eigenvalue weighted by Crippen LogP contribution is 2.23. The van der Waals surface area contributed by atoms with Gasteiger partial charge < -0.3 is 10.0 Å². The number of aliphatic hydroxyl groups is 1. The summed E-state index contributed by atoms with van der Waals surface area (Å²) in [7, 11) is 0. The molecule has 1 amide bonds. The van der Waals surface area contributed by atoms with E-state index in [-0.39, 0.29) is 18.6 Å². The van der Waals surface area contributed by atoms with Gasteiger partial charge in [-0.15, -0.1) is 0 Å². The molecule has 86 valence electrons. The van der Waals surface area contributed by atoms with Gasteiger partial charge in [0.2, 0.25) is 0 Å². The number of fused-ring (bicyclic) bond motifs is 1. The van der Waals surface area contributed by atoms with Gasteiger partial charge in [-0.25, -0.2) is 9.97 Å². The van der Waals surface area contributed by atoms with E-state index in [0.717, 1.165) is 5.69 Å². The number of nitrogens with zero attached hydrogens (tertiary/aromatic N) is 3. The molecule has 16 heavy (non-hydrogen) atoms. The second-order valence-electron chi connectivity index (χ2n) is 3.68. The number of rotatable bonds is 3. The van der Waals surface area contributed by atoms with Crippen LogP contribution in [0.3, 0.4) is 0 Å². The number of aromatic nitrogens is 2. The standard InChI is InChI=1S/C10H13N3O2S/c1-6(5-14)13-4-8-7(9(13)15)3-11-10(12-8)16-2/h3,6,14H,4-5H2,1-2H3. The Balaban J connectivity index is 2.30. The van der Waals surface area contributed by atoms with Gasteiger partial charge in [0.15, 0.2) is 5.16 Å². The Kier molecular flexibility index (Phi) is 3.11. The van der Waals surface area contributed by atoms with Crippen LogP contribution in [0.5, 0.6) is 0 Å². The van der Waals surface area contributed by atoms with E-state index >= 15 is 0 Å². The van der Waals surface area contributed by atoms with E-state index in [2.05, 4.69) is 9.97 Å². The molecular weight excluding hydrogens is 226 g/mol. The van der Waals surface area contributed by atoms with Crippen molar-refractivity contribution < 1.29 is 9.90 Å². The normalized spacial score (nSPS) is 16.4. The lowest BCUT2D eigenvalue weighted by Crippen LogP contribution is -2.35. The first-order chi connectivity index (χ1) is 7.67. The van der Waals surface area contributed by atoms with Crippen LogP contribution >= 0.6 is 11.8 Å². The summed E-state index contributed by atoms with van der Waals surface area (Å²) < 4.78 is 0. The van der Waals surface area contributed by atoms with Crippen molar-refractivity contribution in [3.63, 3.8) is 0 Å². The average molecular weight is 239 g/mol. The number of carbonyl (C=O) groups excluding carboxylic acids is 1. The molecule has 6 heteroatoms. The van der Waals surface area contributed by atoms with Gasteiger partial charge >= 0.3 is 0 Å². The van der Waals surface area contributed by atoms with Crippen molar-refractivity contribution in [1.29, 1.82) is 0 Å². The molecule has 2 heterocycles. The van der Waals surface area contributed by atoms with Gasteiger partial charge in [0.1, 0.15) is 0 Å². The van der Waals surface area contributed by atoms with Gasteiger partial charge in [-0.1, -0.05) is 11.8 Å². The number of carbonyl (C=O) groups is 1. The maximum absolute atomic E-state index is 11.9. The van der Waals surface area contributed by atoms with Crippen LogP contribution in [0.4, 0.5) is 0 Å². The second kappa shape index (κ2) is 4.39.